The molecule has 1 aliphatic rings. The van der Waals surface area contributed by atoms with Crippen LogP contribution < -0.4 is 15.8 Å². The Morgan fingerprint density at radius 3 is 2.53 bits per heavy atom. The Labute approximate surface area is 187 Å². The van der Waals surface area contributed by atoms with Crippen LogP contribution in [0.15, 0.2) is 24.3 Å². The Morgan fingerprint density at radius 2 is 1.84 bits per heavy atom. The van der Waals surface area contributed by atoms with Gasteiger partial charge in [-0.1, -0.05) is 37.6 Å². The first-order chi connectivity index (χ1) is 15.6. The standard InChI is InChI=1S/C21H29N7O.CH2O2/c1-2-3-12-29-21-24-18-17(26-27-19(18)20(22)25-21)13-15-4-6-16(7-5-15)14-28-10-8-23-9-11-28;2-1-3/h4-7,23H,2-3,8-14H2,1H3,(H,26,27)(H2,22,24,25);1H,(H,2,3). The summed E-state index contributed by atoms with van der Waals surface area (Å²) in [6.45, 7) is 7.79. The summed E-state index contributed by atoms with van der Waals surface area (Å²) in [6, 6.07) is 9.08. The summed E-state index contributed by atoms with van der Waals surface area (Å²) < 4.78 is 5.64. The minimum absolute atomic E-state index is 0.250. The topological polar surface area (TPSA) is 142 Å². The molecule has 5 N–H and O–H groups in total. The lowest BCUT2D eigenvalue weighted by molar-refractivity contribution is -0.122. The van der Waals surface area contributed by atoms with Crippen LogP contribution in [0.5, 0.6) is 6.01 Å². The first-order valence-electron chi connectivity index (χ1n) is 10.9. The van der Waals surface area contributed by atoms with Crippen molar-refractivity contribution in [3.05, 3.63) is 41.1 Å². The number of piperazine rings is 1. The van der Waals surface area contributed by atoms with Gasteiger partial charge in [-0.2, -0.15) is 15.1 Å². The molecular weight excluding hydrogens is 410 g/mol. The fourth-order valence-electron chi connectivity index (χ4n) is 3.54. The molecule has 0 radical (unpaired) electrons. The molecule has 1 aromatic carbocycles. The van der Waals surface area contributed by atoms with Crippen LogP contribution in [0.3, 0.4) is 0 Å². The number of benzene rings is 1. The molecule has 0 spiro atoms. The molecule has 1 fully saturated rings. The maximum Gasteiger partial charge on any atom is 0.319 e. The van der Waals surface area contributed by atoms with Crippen LogP contribution >= 0.6 is 0 Å². The Hall–Kier alpha value is -3.24. The van der Waals surface area contributed by atoms with Crippen LogP contribution in [0.1, 0.15) is 36.6 Å². The van der Waals surface area contributed by atoms with Crippen molar-refractivity contribution in [2.24, 2.45) is 0 Å². The molecule has 172 valence electrons. The van der Waals surface area contributed by atoms with Gasteiger partial charge in [0.25, 0.3) is 6.47 Å². The zero-order valence-corrected chi connectivity index (χ0v) is 18.4. The maximum atomic E-state index is 8.36. The van der Waals surface area contributed by atoms with Crippen molar-refractivity contribution < 1.29 is 14.6 Å². The molecule has 1 saturated heterocycles. The summed E-state index contributed by atoms with van der Waals surface area (Å²) in [5, 5.41) is 17.7. The average molecular weight is 442 g/mol. The second kappa shape index (κ2) is 12.0. The number of nitrogens with two attached hydrogens (primary N) is 1. The molecule has 0 bridgehead atoms. The first-order valence-corrected chi connectivity index (χ1v) is 10.9. The van der Waals surface area contributed by atoms with Crippen molar-refractivity contribution >= 4 is 23.3 Å². The van der Waals surface area contributed by atoms with Crippen molar-refractivity contribution in [1.29, 1.82) is 0 Å². The van der Waals surface area contributed by atoms with Gasteiger partial charge >= 0.3 is 6.01 Å². The van der Waals surface area contributed by atoms with Crippen molar-refractivity contribution in [2.45, 2.75) is 32.7 Å². The molecule has 2 aromatic heterocycles. The van der Waals surface area contributed by atoms with E-state index >= 15 is 0 Å². The third kappa shape index (κ3) is 6.38. The fourth-order valence-corrected chi connectivity index (χ4v) is 3.54. The highest BCUT2D eigenvalue weighted by Gasteiger charge is 2.15. The fraction of sp³-hybridized carbons (Fsp3) is 0.455. The number of hydrogen-bond donors (Lipinski definition) is 4. The quantitative estimate of drug-likeness (QED) is 0.304. The number of unbranched alkanes of at least 4 members (excludes halogenated alkanes) is 1. The lowest BCUT2D eigenvalue weighted by atomic mass is 10.1. The SMILES string of the molecule is CCCCOc1nc(N)c2n[nH]c(Cc3ccc(CN4CCNCC4)cc3)c2n1.O=CO. The lowest BCUT2D eigenvalue weighted by Crippen LogP contribution is -2.42. The first kappa shape index (κ1) is 23.4. The van der Waals surface area contributed by atoms with Gasteiger partial charge in [-0.05, 0) is 17.5 Å². The van der Waals surface area contributed by atoms with E-state index in [9.17, 15) is 0 Å². The van der Waals surface area contributed by atoms with E-state index < -0.39 is 0 Å². The van der Waals surface area contributed by atoms with Gasteiger partial charge in [-0.25, -0.2) is 0 Å². The number of anilines is 1. The van der Waals surface area contributed by atoms with Crippen LogP contribution in [-0.2, 0) is 17.8 Å². The molecule has 3 aromatic rings. The number of nitrogens with zero attached hydrogens (tertiary/aromatic N) is 4. The molecule has 0 aliphatic carbocycles. The van der Waals surface area contributed by atoms with Crippen molar-refractivity contribution in [3.8, 4) is 6.01 Å². The summed E-state index contributed by atoms with van der Waals surface area (Å²) >= 11 is 0. The Balaban J connectivity index is 0.000000913. The second-order valence-electron chi connectivity index (χ2n) is 7.62. The van der Waals surface area contributed by atoms with Crippen LogP contribution in [0, 0.1) is 0 Å². The van der Waals surface area contributed by atoms with Crippen molar-refractivity contribution in [2.75, 3.05) is 38.5 Å². The lowest BCUT2D eigenvalue weighted by Gasteiger charge is -2.27. The number of carboxylic acid groups (broad SMARTS) is 1. The van der Waals surface area contributed by atoms with Gasteiger partial charge in [-0.15, -0.1) is 0 Å². The molecule has 10 heteroatoms. The largest absolute Gasteiger partial charge is 0.483 e. The summed E-state index contributed by atoms with van der Waals surface area (Å²) in [5.74, 6) is 0.343. The highest BCUT2D eigenvalue weighted by atomic mass is 16.5. The van der Waals surface area contributed by atoms with E-state index in [0.717, 1.165) is 56.8 Å². The van der Waals surface area contributed by atoms with E-state index in [0.29, 0.717) is 30.4 Å². The van der Waals surface area contributed by atoms with E-state index in [1.165, 1.54) is 11.1 Å². The van der Waals surface area contributed by atoms with E-state index in [2.05, 4.69) is 61.6 Å². The van der Waals surface area contributed by atoms with Gasteiger partial charge in [0.05, 0.1) is 12.3 Å². The third-order valence-corrected chi connectivity index (χ3v) is 5.23. The second-order valence-corrected chi connectivity index (χ2v) is 7.62. The zero-order valence-electron chi connectivity index (χ0n) is 18.4. The highest BCUT2D eigenvalue weighted by molar-refractivity contribution is 5.86. The van der Waals surface area contributed by atoms with Gasteiger partial charge in [0.1, 0.15) is 5.52 Å². The number of ether oxygens (including phenoxy) is 1. The Morgan fingerprint density at radius 1 is 1.16 bits per heavy atom. The molecule has 1 aliphatic heterocycles. The minimum atomic E-state index is -0.250. The number of hydrogen-bond acceptors (Lipinski definition) is 8. The van der Waals surface area contributed by atoms with Gasteiger partial charge in [0.2, 0.25) is 0 Å². The minimum Gasteiger partial charge on any atom is -0.483 e. The molecule has 32 heavy (non-hydrogen) atoms. The molecule has 0 saturated carbocycles. The molecule has 0 atom stereocenters. The zero-order chi connectivity index (χ0) is 22.8. The third-order valence-electron chi connectivity index (χ3n) is 5.23. The molecular formula is C22H31N7O3. The normalized spacial score (nSPS) is 14.0. The van der Waals surface area contributed by atoms with E-state index in [1.807, 2.05) is 0 Å². The van der Waals surface area contributed by atoms with Gasteiger partial charge < -0.3 is 20.9 Å². The smallest absolute Gasteiger partial charge is 0.319 e. The number of aromatic nitrogens is 4. The van der Waals surface area contributed by atoms with Crippen molar-refractivity contribution in [3.63, 3.8) is 0 Å². The van der Waals surface area contributed by atoms with Crippen LogP contribution in [0.25, 0.3) is 11.0 Å². The molecule has 0 amide bonds. The summed E-state index contributed by atoms with van der Waals surface area (Å²) in [5.41, 5.74) is 10.8. The van der Waals surface area contributed by atoms with Crippen molar-refractivity contribution in [1.82, 2.24) is 30.4 Å². The van der Waals surface area contributed by atoms with Crippen LogP contribution in [0.4, 0.5) is 5.82 Å². The molecule has 0 unspecified atom stereocenters. The van der Waals surface area contributed by atoms with Gasteiger partial charge in [0.15, 0.2) is 11.3 Å². The van der Waals surface area contributed by atoms with Gasteiger partial charge in [0, 0.05) is 39.1 Å². The summed E-state index contributed by atoms with van der Waals surface area (Å²) in [4.78, 5) is 19.6. The number of nitrogens with one attached hydrogen (secondary N) is 2. The van der Waals surface area contributed by atoms with Crippen LogP contribution in [0.2, 0.25) is 0 Å². The number of fused-ring (bicyclic) bond motifs is 1. The predicted molar refractivity (Wildman–Crippen MR) is 123 cm³/mol. The molecule has 3 heterocycles. The average Bonchev–Trinajstić information content (AvgIpc) is 3.20. The number of carbonyl (C=O) groups is 1. The molecule has 10 nitrogen and oxygen atoms in total. The number of nitrogen functional groups attached to an aromatic ring is 1. The Bertz CT molecular complexity index is 985. The van der Waals surface area contributed by atoms with Gasteiger partial charge in [-0.3, -0.25) is 14.8 Å². The molecule has 4 rings (SSSR count). The highest BCUT2D eigenvalue weighted by Crippen LogP contribution is 2.23. The van der Waals surface area contributed by atoms with E-state index in [1.54, 1.807) is 0 Å². The number of aromatic amines is 1. The number of rotatable bonds is 8. The van der Waals surface area contributed by atoms with Crippen LogP contribution in [-0.4, -0.2) is 69.4 Å². The van der Waals surface area contributed by atoms with E-state index in [4.69, 9.17) is 20.4 Å². The monoisotopic (exact) mass is 441 g/mol. The summed E-state index contributed by atoms with van der Waals surface area (Å²) in [7, 11) is 0. The Kier molecular flexibility index (Phi) is 8.76. The van der Waals surface area contributed by atoms with E-state index in [-0.39, 0.29) is 6.47 Å². The predicted octanol–water partition coefficient (Wildman–Crippen LogP) is 1.81. The number of H-pyrrole nitrogens is 1. The maximum absolute atomic E-state index is 8.36. The summed E-state index contributed by atoms with van der Waals surface area (Å²) in [6.07, 6.45) is 2.72.